The number of carbonyl (C=O) groups excluding carboxylic acids is 2. The summed E-state index contributed by atoms with van der Waals surface area (Å²) in [7, 11) is 2.84. The molecule has 0 fully saturated rings. The lowest BCUT2D eigenvalue weighted by Crippen LogP contribution is -2.45. The Hall–Kier alpha value is -2.22. The Labute approximate surface area is 148 Å². The first kappa shape index (κ1) is 18.1. The van der Waals surface area contributed by atoms with E-state index in [4.69, 9.17) is 14.2 Å². The largest absolute Gasteiger partial charge is 0.493 e. The number of carbonyl (C=O) groups is 2. The summed E-state index contributed by atoms with van der Waals surface area (Å²) < 4.78 is 16.4. The van der Waals surface area contributed by atoms with Gasteiger partial charge in [0.2, 0.25) is 0 Å². The van der Waals surface area contributed by atoms with Crippen LogP contribution >= 0.6 is 15.9 Å². The van der Waals surface area contributed by atoms with E-state index >= 15 is 0 Å². The van der Waals surface area contributed by atoms with E-state index in [1.54, 1.807) is 26.2 Å². The number of hydrogen-bond acceptors (Lipinski definition) is 5. The number of amides is 2. The molecule has 1 aliphatic rings. The number of allylic oxidation sites excluding steroid dienone is 1. The Balaban J connectivity index is 2.59. The number of benzene rings is 1. The monoisotopic (exact) mass is 398 g/mol. The summed E-state index contributed by atoms with van der Waals surface area (Å²) >= 11 is 3.47. The fourth-order valence-corrected chi connectivity index (χ4v) is 3.06. The number of urea groups is 1. The molecule has 0 bridgehead atoms. The van der Waals surface area contributed by atoms with E-state index in [0.29, 0.717) is 39.4 Å². The predicted molar refractivity (Wildman–Crippen MR) is 91.0 cm³/mol. The van der Waals surface area contributed by atoms with Gasteiger partial charge in [0.1, 0.15) is 0 Å². The van der Waals surface area contributed by atoms with Crippen molar-refractivity contribution in [2.45, 2.75) is 19.9 Å². The zero-order chi connectivity index (χ0) is 17.9. The van der Waals surface area contributed by atoms with Crippen molar-refractivity contribution >= 4 is 27.9 Å². The van der Waals surface area contributed by atoms with Crippen molar-refractivity contribution in [1.82, 2.24) is 10.6 Å². The van der Waals surface area contributed by atoms with Gasteiger partial charge in [0, 0.05) is 10.2 Å². The zero-order valence-corrected chi connectivity index (χ0v) is 15.4. The lowest BCUT2D eigenvalue weighted by atomic mass is 9.95. The minimum absolute atomic E-state index is 0.324. The maximum Gasteiger partial charge on any atom is 0.337 e. The third-order valence-electron chi connectivity index (χ3n) is 3.57. The summed E-state index contributed by atoms with van der Waals surface area (Å²) in [4.78, 5) is 24.0. The van der Waals surface area contributed by atoms with Crippen LogP contribution in [-0.4, -0.2) is 32.8 Å². The molecule has 1 aromatic rings. The molecule has 0 aliphatic carbocycles. The maximum atomic E-state index is 12.2. The average Bonchev–Trinajstić information content (AvgIpc) is 2.54. The number of methoxy groups -OCH3 is 2. The molecule has 0 saturated heterocycles. The normalized spacial score (nSPS) is 17.0. The van der Waals surface area contributed by atoms with Gasteiger partial charge in [-0.2, -0.15) is 0 Å². The third-order valence-corrected chi connectivity index (χ3v) is 4.26. The van der Waals surface area contributed by atoms with Crippen LogP contribution in [-0.2, 0) is 9.53 Å². The lowest BCUT2D eigenvalue weighted by Gasteiger charge is -2.29. The quantitative estimate of drug-likeness (QED) is 0.744. The van der Waals surface area contributed by atoms with Crippen molar-refractivity contribution in [3.63, 3.8) is 0 Å². The molecule has 0 unspecified atom stereocenters. The van der Waals surface area contributed by atoms with E-state index in [9.17, 15) is 9.59 Å². The van der Waals surface area contributed by atoms with Gasteiger partial charge in [0.05, 0.1) is 32.4 Å². The van der Waals surface area contributed by atoms with Crippen molar-refractivity contribution < 1.29 is 23.8 Å². The van der Waals surface area contributed by atoms with Crippen LogP contribution in [0.4, 0.5) is 4.79 Å². The van der Waals surface area contributed by atoms with Crippen molar-refractivity contribution in [2.24, 2.45) is 0 Å². The van der Waals surface area contributed by atoms with E-state index in [1.165, 1.54) is 7.11 Å². The van der Waals surface area contributed by atoms with Crippen molar-refractivity contribution in [3.05, 3.63) is 33.4 Å². The molecule has 0 spiro atoms. The first-order valence-electron chi connectivity index (χ1n) is 7.29. The smallest absolute Gasteiger partial charge is 0.337 e. The number of halogens is 1. The Kier molecular flexibility index (Phi) is 5.71. The molecule has 0 saturated carbocycles. The van der Waals surface area contributed by atoms with Gasteiger partial charge in [-0.15, -0.1) is 0 Å². The Bertz CT molecular complexity index is 702. The average molecular weight is 399 g/mol. The molecule has 2 rings (SSSR count). The van der Waals surface area contributed by atoms with Crippen LogP contribution in [0, 0.1) is 0 Å². The molecule has 1 aromatic carbocycles. The molecule has 8 heteroatoms. The highest BCUT2D eigenvalue weighted by Crippen LogP contribution is 2.39. The van der Waals surface area contributed by atoms with E-state index < -0.39 is 18.0 Å². The summed E-state index contributed by atoms with van der Waals surface area (Å²) in [5.74, 6) is 0.548. The predicted octanol–water partition coefficient (Wildman–Crippen LogP) is 2.66. The van der Waals surface area contributed by atoms with Gasteiger partial charge in [-0.1, -0.05) is 15.9 Å². The first-order valence-corrected chi connectivity index (χ1v) is 8.09. The Morgan fingerprint density at radius 1 is 1.29 bits per heavy atom. The molecule has 1 heterocycles. The van der Waals surface area contributed by atoms with Crippen molar-refractivity contribution in [2.75, 3.05) is 20.8 Å². The molecule has 2 N–H and O–H groups in total. The molecule has 0 aromatic heterocycles. The summed E-state index contributed by atoms with van der Waals surface area (Å²) in [5, 5.41) is 5.32. The van der Waals surface area contributed by atoms with Crippen LogP contribution in [0.3, 0.4) is 0 Å². The maximum absolute atomic E-state index is 12.2. The number of hydrogen-bond donors (Lipinski definition) is 2. The highest BCUT2D eigenvalue weighted by Gasteiger charge is 2.33. The SMILES string of the molecule is CCOc1cc([C@@H]2NC(=O)NC(C)=C2C(=O)OC)c(Br)cc1OC. The standard InChI is InChI=1S/C16H19BrN2O5/c1-5-24-12-6-9(10(17)7-11(12)22-3)14-13(15(20)23-4)8(2)18-16(21)19-14/h6-7,14H,5H2,1-4H3,(H2,18,19,21)/t14-/m0/s1. The van der Waals surface area contributed by atoms with Gasteiger partial charge < -0.3 is 24.8 Å². The minimum atomic E-state index is -0.675. The topological polar surface area (TPSA) is 85.9 Å². The molecule has 7 nitrogen and oxygen atoms in total. The van der Waals surface area contributed by atoms with Gasteiger partial charge in [-0.25, -0.2) is 9.59 Å². The van der Waals surface area contributed by atoms with Gasteiger partial charge >= 0.3 is 12.0 Å². The van der Waals surface area contributed by atoms with E-state index in [1.807, 2.05) is 6.92 Å². The van der Waals surface area contributed by atoms with Crippen LogP contribution in [0.2, 0.25) is 0 Å². The Morgan fingerprint density at radius 2 is 2.00 bits per heavy atom. The second-order valence-electron chi connectivity index (χ2n) is 5.02. The van der Waals surface area contributed by atoms with Crippen LogP contribution < -0.4 is 20.1 Å². The molecule has 2 amide bonds. The van der Waals surface area contributed by atoms with Crippen molar-refractivity contribution in [3.8, 4) is 11.5 Å². The minimum Gasteiger partial charge on any atom is -0.493 e. The lowest BCUT2D eigenvalue weighted by molar-refractivity contribution is -0.136. The highest BCUT2D eigenvalue weighted by molar-refractivity contribution is 9.10. The molecule has 130 valence electrons. The molecule has 0 radical (unpaired) electrons. The number of ether oxygens (including phenoxy) is 3. The van der Waals surface area contributed by atoms with Crippen molar-refractivity contribution in [1.29, 1.82) is 0 Å². The summed E-state index contributed by atoms with van der Waals surface area (Å²) in [6.45, 7) is 3.96. The zero-order valence-electron chi connectivity index (χ0n) is 13.9. The van der Waals surface area contributed by atoms with Gasteiger partial charge in [-0.05, 0) is 31.5 Å². The third kappa shape index (κ3) is 3.48. The molecule has 1 aliphatic heterocycles. The second kappa shape index (κ2) is 7.57. The number of nitrogens with one attached hydrogen (secondary N) is 2. The fraction of sp³-hybridized carbons (Fsp3) is 0.375. The van der Waals surface area contributed by atoms with E-state index in [0.717, 1.165) is 0 Å². The summed E-state index contributed by atoms with van der Waals surface area (Å²) in [6, 6.07) is 2.40. The number of rotatable bonds is 5. The van der Waals surface area contributed by atoms with Gasteiger partial charge in [0.15, 0.2) is 11.5 Å². The van der Waals surface area contributed by atoms with E-state index in [-0.39, 0.29) is 0 Å². The summed E-state index contributed by atoms with van der Waals surface area (Å²) in [6.07, 6.45) is 0. The Morgan fingerprint density at radius 3 is 2.58 bits per heavy atom. The molecular formula is C16H19BrN2O5. The van der Waals surface area contributed by atoms with Crippen LogP contribution in [0.5, 0.6) is 11.5 Å². The highest BCUT2D eigenvalue weighted by atomic mass is 79.9. The van der Waals surface area contributed by atoms with E-state index in [2.05, 4.69) is 26.6 Å². The first-order chi connectivity index (χ1) is 11.4. The van der Waals surface area contributed by atoms with Gasteiger partial charge in [-0.3, -0.25) is 0 Å². The van der Waals surface area contributed by atoms with Crippen LogP contribution in [0.25, 0.3) is 0 Å². The fourth-order valence-electron chi connectivity index (χ4n) is 2.51. The summed E-state index contributed by atoms with van der Waals surface area (Å²) in [5.41, 5.74) is 1.43. The number of esters is 1. The molecule has 24 heavy (non-hydrogen) atoms. The van der Waals surface area contributed by atoms with Crippen LogP contribution in [0.1, 0.15) is 25.5 Å². The molecular weight excluding hydrogens is 380 g/mol. The molecule has 1 atom stereocenters. The second-order valence-corrected chi connectivity index (χ2v) is 5.87. The van der Waals surface area contributed by atoms with Gasteiger partial charge in [0.25, 0.3) is 0 Å². The van der Waals surface area contributed by atoms with Crippen LogP contribution in [0.15, 0.2) is 27.9 Å².